The molecular formula is C16H15FSi. The van der Waals surface area contributed by atoms with E-state index in [9.17, 15) is 4.39 Å². The van der Waals surface area contributed by atoms with Crippen LogP contribution in [0, 0.1) is 17.3 Å². The Balaban J connectivity index is 2.26. The predicted molar refractivity (Wildman–Crippen MR) is 76.8 cm³/mol. The lowest BCUT2D eigenvalue weighted by molar-refractivity contribution is 0.627. The van der Waals surface area contributed by atoms with E-state index in [4.69, 9.17) is 0 Å². The van der Waals surface area contributed by atoms with E-state index in [1.807, 2.05) is 18.2 Å². The van der Waals surface area contributed by atoms with Crippen LogP contribution in [-0.4, -0.2) is 8.07 Å². The number of benzene rings is 2. The zero-order valence-electron chi connectivity index (χ0n) is 10.6. The third-order valence-electron chi connectivity index (χ3n) is 2.86. The van der Waals surface area contributed by atoms with Crippen molar-refractivity contribution >= 4 is 13.3 Å². The summed E-state index contributed by atoms with van der Waals surface area (Å²) in [6.45, 7) is 4.44. The van der Waals surface area contributed by atoms with Gasteiger partial charge in [0, 0.05) is 5.56 Å². The minimum Gasteiger partial charge on any atom is -0.207 e. The standard InChI is InChI=1S/C16H15FSi/c1-18(2,16-6-4-3-5-7-16)13-12-14-8-10-15(17)11-9-14/h3-11H,1-2H3. The van der Waals surface area contributed by atoms with Crippen LogP contribution in [0.3, 0.4) is 0 Å². The van der Waals surface area contributed by atoms with E-state index in [0.717, 1.165) is 5.56 Å². The molecule has 0 spiro atoms. The van der Waals surface area contributed by atoms with Gasteiger partial charge in [-0.15, -0.1) is 5.54 Å². The molecule has 0 N–H and O–H groups in total. The molecule has 0 saturated heterocycles. The van der Waals surface area contributed by atoms with E-state index in [0.29, 0.717) is 0 Å². The molecule has 2 aromatic carbocycles. The molecule has 18 heavy (non-hydrogen) atoms. The molecule has 0 amide bonds. The van der Waals surface area contributed by atoms with E-state index in [-0.39, 0.29) is 5.82 Å². The Morgan fingerprint density at radius 2 is 1.50 bits per heavy atom. The van der Waals surface area contributed by atoms with E-state index >= 15 is 0 Å². The zero-order chi connectivity index (χ0) is 13.0. The summed E-state index contributed by atoms with van der Waals surface area (Å²) in [5, 5.41) is 1.32. The molecule has 0 unspecified atom stereocenters. The maximum absolute atomic E-state index is 12.8. The van der Waals surface area contributed by atoms with Gasteiger partial charge in [0.25, 0.3) is 0 Å². The van der Waals surface area contributed by atoms with Gasteiger partial charge in [-0.05, 0) is 29.5 Å². The second kappa shape index (κ2) is 5.20. The van der Waals surface area contributed by atoms with Crippen molar-refractivity contribution in [1.29, 1.82) is 0 Å². The van der Waals surface area contributed by atoms with Crippen LogP contribution in [0.4, 0.5) is 4.39 Å². The lowest BCUT2D eigenvalue weighted by atomic mass is 10.2. The fourth-order valence-corrected chi connectivity index (χ4v) is 3.32. The second-order valence-electron chi connectivity index (χ2n) is 4.75. The van der Waals surface area contributed by atoms with Crippen LogP contribution in [0.5, 0.6) is 0 Å². The highest BCUT2D eigenvalue weighted by Crippen LogP contribution is 2.04. The van der Waals surface area contributed by atoms with Crippen molar-refractivity contribution in [3.8, 4) is 11.5 Å². The van der Waals surface area contributed by atoms with Crippen LogP contribution in [-0.2, 0) is 0 Å². The lowest BCUT2D eigenvalue weighted by Crippen LogP contribution is -2.39. The molecule has 0 bridgehead atoms. The van der Waals surface area contributed by atoms with Crippen LogP contribution in [0.25, 0.3) is 0 Å². The number of halogens is 1. The van der Waals surface area contributed by atoms with Gasteiger partial charge in [0.15, 0.2) is 8.07 Å². The summed E-state index contributed by atoms with van der Waals surface area (Å²) < 4.78 is 12.8. The Hall–Kier alpha value is -1.85. The van der Waals surface area contributed by atoms with Gasteiger partial charge >= 0.3 is 0 Å². The maximum atomic E-state index is 12.8. The van der Waals surface area contributed by atoms with Gasteiger partial charge in [0.05, 0.1) is 0 Å². The molecule has 0 fully saturated rings. The fraction of sp³-hybridized carbons (Fsp3) is 0.125. The van der Waals surface area contributed by atoms with Gasteiger partial charge in [-0.2, -0.15) is 0 Å². The van der Waals surface area contributed by atoms with Gasteiger partial charge in [0.2, 0.25) is 0 Å². The third-order valence-corrected chi connectivity index (χ3v) is 5.39. The highest BCUT2D eigenvalue weighted by atomic mass is 28.3. The van der Waals surface area contributed by atoms with Gasteiger partial charge in [-0.25, -0.2) is 4.39 Å². The molecule has 90 valence electrons. The first-order valence-corrected chi connectivity index (χ1v) is 8.92. The minimum absolute atomic E-state index is 0.222. The van der Waals surface area contributed by atoms with Crippen molar-refractivity contribution in [2.75, 3.05) is 0 Å². The summed E-state index contributed by atoms with van der Waals surface area (Å²) in [6.07, 6.45) is 0. The highest BCUT2D eigenvalue weighted by Gasteiger charge is 2.20. The van der Waals surface area contributed by atoms with Crippen molar-refractivity contribution in [1.82, 2.24) is 0 Å². The van der Waals surface area contributed by atoms with Gasteiger partial charge in [-0.1, -0.05) is 49.3 Å². The molecule has 2 heteroatoms. The molecule has 0 aliphatic carbocycles. The Morgan fingerprint density at radius 3 is 2.11 bits per heavy atom. The molecule has 0 aliphatic heterocycles. The summed E-state index contributed by atoms with van der Waals surface area (Å²) >= 11 is 0. The van der Waals surface area contributed by atoms with Gasteiger partial charge in [-0.3, -0.25) is 0 Å². The zero-order valence-corrected chi connectivity index (χ0v) is 11.6. The maximum Gasteiger partial charge on any atom is 0.163 e. The first-order valence-electron chi connectivity index (χ1n) is 5.92. The van der Waals surface area contributed by atoms with E-state index in [2.05, 4.69) is 36.7 Å². The normalized spacial score (nSPS) is 10.6. The summed E-state index contributed by atoms with van der Waals surface area (Å²) in [5.41, 5.74) is 4.25. The fourth-order valence-electron chi connectivity index (χ4n) is 1.69. The quantitative estimate of drug-likeness (QED) is 0.541. The first-order chi connectivity index (χ1) is 8.58. The molecular weight excluding hydrogens is 239 g/mol. The molecule has 0 heterocycles. The van der Waals surface area contributed by atoms with E-state index in [1.165, 1.54) is 17.3 Å². The first kappa shape index (κ1) is 12.6. The highest BCUT2D eigenvalue weighted by molar-refractivity contribution is 6.96. The average Bonchev–Trinajstić information content (AvgIpc) is 2.39. The topological polar surface area (TPSA) is 0 Å². The molecule has 0 nitrogen and oxygen atoms in total. The summed E-state index contributed by atoms with van der Waals surface area (Å²) in [5.74, 6) is 2.93. The minimum atomic E-state index is -1.73. The molecule has 0 radical (unpaired) electrons. The molecule has 2 aromatic rings. The Labute approximate surface area is 108 Å². The second-order valence-corrected chi connectivity index (χ2v) is 8.83. The van der Waals surface area contributed by atoms with Crippen molar-refractivity contribution in [2.24, 2.45) is 0 Å². The molecule has 0 atom stereocenters. The predicted octanol–water partition coefficient (Wildman–Crippen LogP) is 3.33. The van der Waals surface area contributed by atoms with E-state index in [1.54, 1.807) is 12.1 Å². The van der Waals surface area contributed by atoms with Crippen LogP contribution >= 0.6 is 0 Å². The number of rotatable bonds is 1. The summed E-state index contributed by atoms with van der Waals surface area (Å²) in [6, 6.07) is 16.7. The van der Waals surface area contributed by atoms with Crippen molar-refractivity contribution in [3.63, 3.8) is 0 Å². The molecule has 0 aliphatic rings. The number of hydrogen-bond acceptors (Lipinski definition) is 0. The van der Waals surface area contributed by atoms with Crippen LogP contribution in [0.15, 0.2) is 54.6 Å². The summed E-state index contributed by atoms with van der Waals surface area (Å²) in [7, 11) is -1.73. The van der Waals surface area contributed by atoms with E-state index < -0.39 is 8.07 Å². The van der Waals surface area contributed by atoms with Crippen LogP contribution < -0.4 is 5.19 Å². The Morgan fingerprint density at radius 1 is 0.889 bits per heavy atom. The lowest BCUT2D eigenvalue weighted by Gasteiger charge is -2.14. The van der Waals surface area contributed by atoms with Gasteiger partial charge < -0.3 is 0 Å². The monoisotopic (exact) mass is 254 g/mol. The SMILES string of the molecule is C[Si](C)(C#Cc1ccc(F)cc1)c1ccccc1. The molecule has 0 aromatic heterocycles. The van der Waals surface area contributed by atoms with Crippen molar-refractivity contribution in [3.05, 3.63) is 66.0 Å². The van der Waals surface area contributed by atoms with Crippen LogP contribution in [0.1, 0.15) is 5.56 Å². The third kappa shape index (κ3) is 3.09. The largest absolute Gasteiger partial charge is 0.207 e. The molecule has 0 saturated carbocycles. The van der Waals surface area contributed by atoms with Gasteiger partial charge in [0.1, 0.15) is 5.82 Å². The van der Waals surface area contributed by atoms with Crippen molar-refractivity contribution in [2.45, 2.75) is 13.1 Å². The Kier molecular flexibility index (Phi) is 3.64. The van der Waals surface area contributed by atoms with Crippen LogP contribution in [0.2, 0.25) is 13.1 Å². The Bertz CT molecular complexity index is 574. The summed E-state index contributed by atoms with van der Waals surface area (Å²) in [4.78, 5) is 0. The smallest absolute Gasteiger partial charge is 0.163 e. The molecule has 2 rings (SSSR count). The number of hydrogen-bond donors (Lipinski definition) is 0. The average molecular weight is 254 g/mol. The van der Waals surface area contributed by atoms with Crippen molar-refractivity contribution < 1.29 is 4.39 Å².